The maximum absolute atomic E-state index is 10.8. The van der Waals surface area contributed by atoms with Crippen molar-refractivity contribution >= 4 is 15.7 Å². The summed E-state index contributed by atoms with van der Waals surface area (Å²) in [7, 11) is -2.63. The van der Waals surface area contributed by atoms with Crippen molar-refractivity contribution < 1.29 is 14.1 Å². The van der Waals surface area contributed by atoms with Crippen LogP contribution in [0.25, 0.3) is 0 Å². The highest BCUT2D eigenvalue weighted by atomic mass is 32.2. The molecule has 0 aromatic heterocycles. The summed E-state index contributed by atoms with van der Waals surface area (Å²) in [6.07, 6.45) is 0. The second kappa shape index (κ2) is 2.21. The first-order valence-corrected chi connectivity index (χ1v) is 4.61. The smallest absolute Gasteiger partial charge is 0.321 e. The first kappa shape index (κ1) is 7.49. The predicted molar refractivity (Wildman–Crippen MR) is 35.2 cm³/mol. The van der Waals surface area contributed by atoms with E-state index in [4.69, 9.17) is 9.89 Å². The van der Waals surface area contributed by atoms with Gasteiger partial charge in [0.15, 0.2) is 0 Å². The van der Waals surface area contributed by atoms with Crippen LogP contribution in [0.2, 0.25) is 0 Å². The molecule has 0 amide bonds. The van der Waals surface area contributed by atoms with Gasteiger partial charge >= 0.3 is 5.97 Å². The minimum atomic E-state index is -2.63. The Kier molecular flexibility index (Phi) is 1.65. The lowest BCUT2D eigenvalue weighted by molar-refractivity contribution is -0.138. The molecule has 0 aliphatic carbocycles. The second-order valence-corrected chi connectivity index (χ2v) is 4.46. The molecule has 1 heterocycles. The Bertz CT molecular complexity index is 245. The number of aliphatic carboxylic acids is 1. The maximum atomic E-state index is 10.8. The summed E-state index contributed by atoms with van der Waals surface area (Å²) in [4.78, 5) is 10.2. The van der Waals surface area contributed by atoms with Gasteiger partial charge < -0.3 is 5.11 Å². The van der Waals surface area contributed by atoms with E-state index in [1.165, 1.54) is 0 Å². The maximum Gasteiger partial charge on any atom is 0.321 e. The zero-order chi connectivity index (χ0) is 7.78. The fraction of sp³-hybridized carbons (Fsp3) is 0.750. The van der Waals surface area contributed by atoms with Crippen LogP contribution in [0.3, 0.4) is 0 Å². The number of hydrogen-bond acceptors (Lipinski definition) is 4. The molecule has 0 spiro atoms. The van der Waals surface area contributed by atoms with Crippen LogP contribution in [-0.4, -0.2) is 33.0 Å². The van der Waals surface area contributed by atoms with Gasteiger partial charge in [-0.1, -0.05) is 0 Å². The van der Waals surface area contributed by atoms with Gasteiger partial charge in [0.1, 0.15) is 6.04 Å². The van der Waals surface area contributed by atoms with Gasteiger partial charge in [0, 0.05) is 0 Å². The van der Waals surface area contributed by atoms with Crippen LogP contribution in [0.1, 0.15) is 0 Å². The third-order valence-corrected chi connectivity index (χ3v) is 2.80. The lowest BCUT2D eigenvalue weighted by atomic mass is 10.4. The monoisotopic (exact) mass is 164 g/mol. The molecule has 1 aliphatic heterocycles. The van der Waals surface area contributed by atoms with Gasteiger partial charge in [0.05, 0.1) is 21.4 Å². The fourth-order valence-corrected chi connectivity index (χ4v) is 2.17. The number of rotatable bonds is 1. The van der Waals surface area contributed by atoms with E-state index in [9.17, 15) is 9.00 Å². The molecule has 5 nitrogen and oxygen atoms in total. The molecule has 1 fully saturated rings. The van der Waals surface area contributed by atoms with Crippen molar-refractivity contribution in [3.8, 4) is 0 Å². The highest BCUT2D eigenvalue weighted by Gasteiger charge is 2.29. The first-order chi connectivity index (χ1) is 4.51. The van der Waals surface area contributed by atoms with Crippen molar-refractivity contribution in [1.29, 1.82) is 4.78 Å². The van der Waals surface area contributed by atoms with E-state index in [1.807, 2.05) is 0 Å². The number of nitrogens with one attached hydrogen (secondary N) is 2. The van der Waals surface area contributed by atoms with E-state index in [0.29, 0.717) is 0 Å². The molecule has 1 unspecified atom stereocenters. The zero-order valence-corrected chi connectivity index (χ0v) is 5.98. The molecule has 0 aromatic carbocycles. The van der Waals surface area contributed by atoms with Crippen molar-refractivity contribution in [3.63, 3.8) is 0 Å². The molecule has 0 radical (unpaired) electrons. The Labute approximate surface area is 58.4 Å². The van der Waals surface area contributed by atoms with Gasteiger partial charge in [-0.25, -0.2) is 4.21 Å². The molecule has 1 saturated heterocycles. The first-order valence-electron chi connectivity index (χ1n) is 2.72. The van der Waals surface area contributed by atoms with E-state index in [-0.39, 0.29) is 11.6 Å². The summed E-state index contributed by atoms with van der Waals surface area (Å²) in [6, 6.07) is -0.787. The quantitative estimate of drug-likeness (QED) is 0.466. The molecule has 58 valence electrons. The molecular weight excluding hydrogens is 156 g/mol. The number of hydrogen-bond donors (Lipinski definition) is 3. The Morgan fingerprint density at radius 1 is 1.80 bits per heavy atom. The van der Waals surface area contributed by atoms with Crippen molar-refractivity contribution in [2.24, 2.45) is 0 Å². The van der Waals surface area contributed by atoms with Gasteiger partial charge in [-0.2, -0.15) is 0 Å². The van der Waals surface area contributed by atoms with Crippen molar-refractivity contribution in [2.45, 2.75) is 6.04 Å². The highest BCUT2D eigenvalue weighted by molar-refractivity contribution is 7.92. The van der Waals surface area contributed by atoms with Crippen LogP contribution in [0, 0.1) is 4.78 Å². The average molecular weight is 164 g/mol. The predicted octanol–water partition coefficient (Wildman–Crippen LogP) is -0.953. The van der Waals surface area contributed by atoms with Crippen molar-refractivity contribution in [3.05, 3.63) is 0 Å². The SMILES string of the molecule is N=S1(=O)CN[C@H](C(=O)O)C1. The zero-order valence-electron chi connectivity index (χ0n) is 5.16. The lowest BCUT2D eigenvalue weighted by Gasteiger charge is -1.98. The van der Waals surface area contributed by atoms with Crippen molar-refractivity contribution in [2.75, 3.05) is 11.6 Å². The molecule has 1 aliphatic rings. The number of carboxylic acid groups (broad SMARTS) is 1. The van der Waals surface area contributed by atoms with Gasteiger partial charge in [-0.3, -0.25) is 14.9 Å². The topological polar surface area (TPSA) is 90.3 Å². The van der Waals surface area contributed by atoms with E-state index in [0.717, 1.165) is 0 Å². The van der Waals surface area contributed by atoms with Gasteiger partial charge in [0.2, 0.25) is 0 Å². The molecule has 0 aromatic rings. The summed E-state index contributed by atoms with van der Waals surface area (Å²) in [6.45, 7) is 0. The van der Waals surface area contributed by atoms with Gasteiger partial charge in [0.25, 0.3) is 0 Å². The fourth-order valence-electron chi connectivity index (χ4n) is 0.781. The van der Waals surface area contributed by atoms with Crippen LogP contribution in [-0.2, 0) is 14.5 Å². The average Bonchev–Trinajstić information content (AvgIpc) is 2.10. The van der Waals surface area contributed by atoms with Crippen molar-refractivity contribution in [1.82, 2.24) is 5.32 Å². The number of carboxylic acids is 1. The molecule has 0 bridgehead atoms. The Balaban J connectivity index is 2.69. The molecule has 1 rings (SSSR count). The molecule has 6 heteroatoms. The lowest BCUT2D eigenvalue weighted by Crippen LogP contribution is -2.32. The molecule has 3 N–H and O–H groups in total. The van der Waals surface area contributed by atoms with Gasteiger partial charge in [-0.15, -0.1) is 0 Å². The summed E-state index contributed by atoms with van der Waals surface area (Å²) in [5.41, 5.74) is 0. The van der Waals surface area contributed by atoms with E-state index in [2.05, 4.69) is 5.32 Å². The third-order valence-electron chi connectivity index (χ3n) is 1.30. The summed E-state index contributed by atoms with van der Waals surface area (Å²) in [5, 5.41) is 10.9. The third kappa shape index (κ3) is 1.45. The molecular formula is C4H8N2O3S. The Morgan fingerprint density at radius 2 is 2.40 bits per heavy atom. The summed E-state index contributed by atoms with van der Waals surface area (Å²) in [5.74, 6) is -1.09. The normalized spacial score (nSPS) is 39.8. The van der Waals surface area contributed by atoms with Crippen LogP contribution in [0.15, 0.2) is 0 Å². The largest absolute Gasteiger partial charge is 0.480 e. The standard InChI is InChI=1S/C4H8N2O3S/c5-10(9)1-3(4(7)8)6-2-10/h3,5-6H,1-2H2,(H,7,8)/t3-,10?/m0/s1. The van der Waals surface area contributed by atoms with Crippen LogP contribution >= 0.6 is 0 Å². The molecule has 2 atom stereocenters. The second-order valence-electron chi connectivity index (χ2n) is 2.22. The van der Waals surface area contributed by atoms with E-state index < -0.39 is 21.7 Å². The Morgan fingerprint density at radius 3 is 2.60 bits per heavy atom. The summed E-state index contributed by atoms with van der Waals surface area (Å²) >= 11 is 0. The minimum absolute atomic E-state index is 0.00394. The van der Waals surface area contributed by atoms with Crippen LogP contribution in [0.5, 0.6) is 0 Å². The van der Waals surface area contributed by atoms with E-state index >= 15 is 0 Å². The molecule has 10 heavy (non-hydrogen) atoms. The van der Waals surface area contributed by atoms with E-state index in [1.54, 1.807) is 0 Å². The van der Waals surface area contributed by atoms with Gasteiger partial charge in [-0.05, 0) is 0 Å². The highest BCUT2D eigenvalue weighted by Crippen LogP contribution is 2.03. The molecule has 0 saturated carbocycles. The van der Waals surface area contributed by atoms with Crippen LogP contribution in [0.4, 0.5) is 0 Å². The number of carbonyl (C=O) groups is 1. The van der Waals surface area contributed by atoms with Crippen LogP contribution < -0.4 is 5.32 Å². The summed E-state index contributed by atoms with van der Waals surface area (Å²) < 4.78 is 17.9. The minimum Gasteiger partial charge on any atom is -0.480 e. The Hall–Kier alpha value is -0.620.